The van der Waals surface area contributed by atoms with E-state index in [0.717, 1.165) is 18.5 Å². The van der Waals surface area contributed by atoms with Crippen molar-refractivity contribution in [3.63, 3.8) is 0 Å². The second-order valence-electron chi connectivity index (χ2n) is 9.79. The zero-order valence-electron chi connectivity index (χ0n) is 19.7. The number of alkyl halides is 3. The first kappa shape index (κ1) is 24.7. The molecule has 0 spiro atoms. The van der Waals surface area contributed by atoms with Crippen LogP contribution in [-0.2, 0) is 4.79 Å². The quantitative estimate of drug-likeness (QED) is 0.494. The first-order valence-electron chi connectivity index (χ1n) is 11.3. The molecule has 11 heteroatoms. The average molecular weight is 502 g/mol. The van der Waals surface area contributed by atoms with Gasteiger partial charge in [-0.15, -0.1) is 5.54 Å². The number of aromatic nitrogens is 2. The van der Waals surface area contributed by atoms with Gasteiger partial charge in [-0.2, -0.15) is 13.2 Å². The van der Waals surface area contributed by atoms with Crippen LogP contribution in [-0.4, -0.2) is 55.7 Å². The molecule has 1 saturated heterocycles. The van der Waals surface area contributed by atoms with Crippen molar-refractivity contribution in [1.29, 1.82) is 0 Å². The van der Waals surface area contributed by atoms with Gasteiger partial charge in [-0.25, -0.2) is 9.97 Å². The lowest BCUT2D eigenvalue weighted by atomic mass is 9.85. The molecule has 0 saturated carbocycles. The molecule has 1 fully saturated rings. The van der Waals surface area contributed by atoms with Crippen LogP contribution >= 0.6 is 0 Å². The number of pyridine rings is 2. The Bertz CT molecular complexity index is 1220. The van der Waals surface area contributed by atoms with Crippen molar-refractivity contribution in [2.24, 2.45) is 5.92 Å². The van der Waals surface area contributed by atoms with Gasteiger partial charge >= 0.3 is 6.18 Å². The normalized spacial score (nSPS) is 18.9. The first-order valence-corrected chi connectivity index (χ1v) is 14.8. The molecule has 184 valence electrons. The van der Waals surface area contributed by atoms with Crippen LogP contribution in [0.2, 0.25) is 19.6 Å². The Balaban J connectivity index is 1.58. The fourth-order valence-electron chi connectivity index (χ4n) is 4.24. The lowest BCUT2D eigenvalue weighted by Gasteiger charge is -2.32. The highest BCUT2D eigenvalue weighted by atomic mass is 28.3. The molecule has 35 heavy (non-hydrogen) atoms. The number of halogens is 3. The Morgan fingerprint density at radius 1 is 1.23 bits per heavy atom. The van der Waals surface area contributed by atoms with Crippen molar-refractivity contribution in [2.75, 3.05) is 29.9 Å². The number of carbonyl (C=O) groups is 2. The monoisotopic (exact) mass is 501 g/mol. The number of fused-ring (bicyclic) bond motifs is 4. The molecule has 1 unspecified atom stereocenters. The molecule has 2 atom stereocenters. The van der Waals surface area contributed by atoms with Crippen LogP contribution in [0.25, 0.3) is 0 Å². The summed E-state index contributed by atoms with van der Waals surface area (Å²) in [5.41, 5.74) is 4.98. The van der Waals surface area contributed by atoms with Crippen LogP contribution in [0.15, 0.2) is 30.5 Å². The van der Waals surface area contributed by atoms with E-state index in [2.05, 4.69) is 51.3 Å². The molecule has 2 amide bonds. The van der Waals surface area contributed by atoms with Gasteiger partial charge in [0.05, 0.1) is 17.3 Å². The zero-order chi connectivity index (χ0) is 25.4. The van der Waals surface area contributed by atoms with E-state index in [0.29, 0.717) is 23.7 Å². The van der Waals surface area contributed by atoms with Gasteiger partial charge in [0.25, 0.3) is 5.91 Å². The third-order valence-electron chi connectivity index (χ3n) is 5.79. The largest absolute Gasteiger partial charge is 0.405 e. The van der Waals surface area contributed by atoms with E-state index < -0.39 is 32.6 Å². The predicted molar refractivity (Wildman–Crippen MR) is 129 cm³/mol. The number of nitrogens with zero attached hydrogens (tertiary/aromatic N) is 3. The van der Waals surface area contributed by atoms with E-state index in [1.54, 1.807) is 24.4 Å². The number of anilines is 2. The Kier molecular flexibility index (Phi) is 6.59. The number of amides is 2. The summed E-state index contributed by atoms with van der Waals surface area (Å²) >= 11 is 0. The summed E-state index contributed by atoms with van der Waals surface area (Å²) < 4.78 is 37.6. The predicted octanol–water partition coefficient (Wildman–Crippen LogP) is 3.56. The van der Waals surface area contributed by atoms with Gasteiger partial charge < -0.3 is 15.5 Å². The van der Waals surface area contributed by atoms with Crippen molar-refractivity contribution < 1.29 is 22.8 Å². The topological polar surface area (TPSA) is 87.2 Å². The molecule has 2 aliphatic heterocycles. The summed E-state index contributed by atoms with van der Waals surface area (Å²) in [6, 6.07) is 6.53. The standard InChI is InChI=1S/C24H26F3N5O2Si/c1-35(2,3)11-8-15-6-9-28-19(12-15)31-23(34)20-16-7-10-32(13-16)18-5-4-17(30-21(18)20)22(33)29-14-24(25,26)27/h4-6,9,12,16,20H,7,10,13-14H2,1-3H3,(H,29,33)(H,28,31,34)/t16-,20?/m0/s1. The van der Waals surface area contributed by atoms with Gasteiger partial charge in [-0.1, -0.05) is 25.6 Å². The molecule has 2 aromatic rings. The van der Waals surface area contributed by atoms with E-state index in [-0.39, 0.29) is 17.5 Å². The number of carbonyl (C=O) groups excluding carboxylic acids is 2. The fraction of sp³-hybridized carbons (Fsp3) is 0.417. The molecule has 7 nitrogen and oxygen atoms in total. The van der Waals surface area contributed by atoms with Gasteiger partial charge in [-0.05, 0) is 36.6 Å². The molecule has 2 N–H and O–H groups in total. The van der Waals surface area contributed by atoms with Crippen LogP contribution in [0.3, 0.4) is 0 Å². The minimum absolute atomic E-state index is 0.0293. The van der Waals surface area contributed by atoms with Gasteiger partial charge in [0.1, 0.15) is 26.1 Å². The highest BCUT2D eigenvalue weighted by molar-refractivity contribution is 6.83. The smallest absolute Gasteiger partial charge is 0.370 e. The number of hydrogen-bond donors (Lipinski definition) is 2. The van der Waals surface area contributed by atoms with E-state index in [9.17, 15) is 22.8 Å². The third kappa shape index (κ3) is 6.00. The van der Waals surface area contributed by atoms with Crippen molar-refractivity contribution in [1.82, 2.24) is 15.3 Å². The van der Waals surface area contributed by atoms with Gasteiger partial charge in [-0.3, -0.25) is 9.59 Å². The molecule has 0 aliphatic carbocycles. The van der Waals surface area contributed by atoms with Crippen LogP contribution in [0.5, 0.6) is 0 Å². The number of hydrogen-bond acceptors (Lipinski definition) is 5. The summed E-state index contributed by atoms with van der Waals surface area (Å²) in [7, 11) is -1.57. The molecule has 0 radical (unpaired) electrons. The van der Waals surface area contributed by atoms with Crippen LogP contribution < -0.4 is 15.5 Å². The summed E-state index contributed by atoms with van der Waals surface area (Å²) in [5.74, 6) is 1.56. The van der Waals surface area contributed by atoms with E-state index in [4.69, 9.17) is 0 Å². The van der Waals surface area contributed by atoms with Crippen LogP contribution in [0.1, 0.15) is 34.1 Å². The number of rotatable bonds is 4. The Labute approximate surface area is 202 Å². The SMILES string of the molecule is C[Si](C)(C)C#Cc1ccnc(NC(=O)C2c3nc(C(=O)NCC(F)(F)F)ccc3N3CC[C@H]2C3)c1. The zero-order valence-corrected chi connectivity index (χ0v) is 20.7. The molecule has 2 aliphatic rings. The van der Waals surface area contributed by atoms with Gasteiger partial charge in [0, 0.05) is 24.8 Å². The van der Waals surface area contributed by atoms with E-state index in [1.165, 1.54) is 6.07 Å². The summed E-state index contributed by atoms with van der Waals surface area (Å²) in [5, 5.41) is 4.69. The third-order valence-corrected chi connectivity index (χ3v) is 6.67. The molecule has 2 bridgehead atoms. The van der Waals surface area contributed by atoms with Gasteiger partial charge in [0.15, 0.2) is 0 Å². The lowest BCUT2D eigenvalue weighted by Crippen LogP contribution is -2.37. The maximum Gasteiger partial charge on any atom is 0.405 e. The van der Waals surface area contributed by atoms with Gasteiger partial charge in [0.2, 0.25) is 5.91 Å². The highest BCUT2D eigenvalue weighted by Gasteiger charge is 2.43. The first-order chi connectivity index (χ1) is 16.4. The maximum absolute atomic E-state index is 13.4. The van der Waals surface area contributed by atoms with Crippen LogP contribution in [0, 0.1) is 17.4 Å². The minimum Gasteiger partial charge on any atom is -0.370 e. The molecule has 4 rings (SSSR count). The molecule has 2 aromatic heterocycles. The highest BCUT2D eigenvalue weighted by Crippen LogP contribution is 2.43. The number of nitrogens with one attached hydrogen (secondary N) is 2. The second-order valence-corrected chi connectivity index (χ2v) is 14.5. The molecule has 4 heterocycles. The lowest BCUT2D eigenvalue weighted by molar-refractivity contribution is -0.123. The Morgan fingerprint density at radius 2 is 2.00 bits per heavy atom. The van der Waals surface area contributed by atoms with Crippen molar-refractivity contribution >= 4 is 31.4 Å². The maximum atomic E-state index is 13.4. The van der Waals surface area contributed by atoms with Crippen molar-refractivity contribution in [2.45, 2.75) is 38.2 Å². The van der Waals surface area contributed by atoms with E-state index >= 15 is 0 Å². The molecular weight excluding hydrogens is 475 g/mol. The van der Waals surface area contributed by atoms with E-state index in [1.807, 2.05) is 5.32 Å². The summed E-state index contributed by atoms with van der Waals surface area (Å²) in [6.45, 7) is 6.37. The minimum atomic E-state index is -4.53. The Hall–Kier alpha value is -3.39. The van der Waals surface area contributed by atoms with Crippen molar-refractivity contribution in [3.05, 3.63) is 47.4 Å². The molecule has 0 aromatic carbocycles. The average Bonchev–Trinajstić information content (AvgIpc) is 3.19. The van der Waals surface area contributed by atoms with Crippen molar-refractivity contribution in [3.8, 4) is 11.5 Å². The summed E-state index contributed by atoms with van der Waals surface area (Å²) in [6.07, 6.45) is -2.19. The molecular formula is C24H26F3N5O2Si. The van der Waals surface area contributed by atoms with Crippen LogP contribution in [0.4, 0.5) is 24.7 Å². The summed E-state index contributed by atoms with van der Waals surface area (Å²) in [4.78, 5) is 36.4. The second kappa shape index (κ2) is 9.34. The fourth-order valence-corrected chi connectivity index (χ4v) is 4.76. The Morgan fingerprint density at radius 3 is 2.71 bits per heavy atom.